The van der Waals surface area contributed by atoms with E-state index in [9.17, 15) is 4.79 Å². The first-order valence-corrected chi connectivity index (χ1v) is 6.20. The summed E-state index contributed by atoms with van der Waals surface area (Å²) >= 11 is 4.93. The Morgan fingerprint density at radius 1 is 1.38 bits per heavy atom. The molecule has 13 heavy (non-hydrogen) atoms. The predicted octanol–water partition coefficient (Wildman–Crippen LogP) is 3.38. The largest absolute Gasteiger partial charge is 0.293 e. The van der Waals surface area contributed by atoms with Gasteiger partial charge in [-0.1, -0.05) is 35.0 Å². The average Bonchev–Trinajstić information content (AvgIpc) is 2.18. The van der Waals surface area contributed by atoms with Crippen LogP contribution in [0.3, 0.4) is 0 Å². The molecule has 0 N–H and O–H groups in total. The molecular weight excluding hydrogens is 248 g/mol. The second-order valence-corrected chi connectivity index (χ2v) is 4.41. The van der Waals surface area contributed by atoms with Gasteiger partial charge in [-0.15, -0.1) is 11.8 Å². The monoisotopic (exact) mass is 258 g/mol. The molecule has 0 bridgehead atoms. The summed E-state index contributed by atoms with van der Waals surface area (Å²) in [5.41, 5.74) is 0.775. The molecule has 1 nitrogen and oxygen atoms in total. The van der Waals surface area contributed by atoms with Gasteiger partial charge in [0.25, 0.3) is 0 Å². The highest BCUT2D eigenvalue weighted by Crippen LogP contribution is 2.17. The molecule has 0 spiro atoms. The van der Waals surface area contributed by atoms with Crippen molar-refractivity contribution < 1.29 is 4.79 Å². The van der Waals surface area contributed by atoms with Crippen LogP contribution < -0.4 is 0 Å². The van der Waals surface area contributed by atoms with Gasteiger partial charge >= 0.3 is 0 Å². The molecule has 0 heterocycles. The Bertz CT molecular complexity index is 281. The van der Waals surface area contributed by atoms with Crippen molar-refractivity contribution in [3.05, 3.63) is 29.8 Å². The van der Waals surface area contributed by atoms with E-state index in [1.165, 1.54) is 4.90 Å². The zero-order valence-corrected chi connectivity index (χ0v) is 9.82. The van der Waals surface area contributed by atoms with Gasteiger partial charge in [-0.2, -0.15) is 0 Å². The molecule has 0 saturated carbocycles. The maximum Gasteiger partial charge on any atom is 0.173 e. The summed E-state index contributed by atoms with van der Waals surface area (Å²) in [5.74, 6) is 1.19. The quantitative estimate of drug-likeness (QED) is 0.468. The number of thioether (sulfide) groups is 1. The molecule has 0 unspecified atom stereocenters. The van der Waals surface area contributed by atoms with Crippen LogP contribution in [0.4, 0.5) is 0 Å². The van der Waals surface area contributed by atoms with Gasteiger partial charge < -0.3 is 0 Å². The highest BCUT2D eigenvalue weighted by molar-refractivity contribution is 9.09. The van der Waals surface area contributed by atoms with Gasteiger partial charge in [0.05, 0.1) is 5.33 Å². The van der Waals surface area contributed by atoms with E-state index >= 15 is 0 Å². The number of Topliss-reactive ketones (excluding diaryl/α,β-unsaturated/α-hetero) is 1. The topological polar surface area (TPSA) is 17.1 Å². The fourth-order valence-electron chi connectivity index (χ4n) is 0.981. The van der Waals surface area contributed by atoms with Crippen molar-refractivity contribution in [1.82, 2.24) is 0 Å². The number of halogens is 1. The second kappa shape index (κ2) is 5.45. The number of benzene rings is 1. The van der Waals surface area contributed by atoms with Crippen molar-refractivity contribution >= 4 is 33.5 Å². The lowest BCUT2D eigenvalue weighted by Crippen LogP contribution is -1.98. The van der Waals surface area contributed by atoms with Gasteiger partial charge in [0.1, 0.15) is 0 Å². The Labute approximate surface area is 91.0 Å². The van der Waals surface area contributed by atoms with Crippen LogP contribution in [-0.2, 0) is 0 Å². The molecule has 0 amide bonds. The van der Waals surface area contributed by atoms with Crippen molar-refractivity contribution in [1.29, 1.82) is 0 Å². The SMILES string of the molecule is CCSc1ccc(C(=O)CBr)cc1. The molecule has 1 aromatic carbocycles. The first-order valence-electron chi connectivity index (χ1n) is 4.10. The lowest BCUT2D eigenvalue weighted by Gasteiger charge is -1.99. The number of hydrogen-bond donors (Lipinski definition) is 0. The summed E-state index contributed by atoms with van der Waals surface area (Å²) in [5, 5.41) is 0.396. The van der Waals surface area contributed by atoms with E-state index in [1.54, 1.807) is 11.8 Å². The minimum Gasteiger partial charge on any atom is -0.293 e. The third-order valence-electron chi connectivity index (χ3n) is 1.61. The number of carbonyl (C=O) groups is 1. The third kappa shape index (κ3) is 3.16. The lowest BCUT2D eigenvalue weighted by atomic mass is 10.2. The van der Waals surface area contributed by atoms with E-state index in [1.807, 2.05) is 24.3 Å². The molecule has 1 aromatic rings. The minimum atomic E-state index is 0.132. The predicted molar refractivity (Wildman–Crippen MR) is 61.0 cm³/mol. The molecule has 0 saturated heterocycles. The van der Waals surface area contributed by atoms with Crippen LogP contribution in [-0.4, -0.2) is 16.9 Å². The molecule has 0 radical (unpaired) electrons. The normalized spacial score (nSPS) is 10.0. The molecule has 1 rings (SSSR count). The van der Waals surface area contributed by atoms with Gasteiger partial charge in [0.2, 0.25) is 0 Å². The van der Waals surface area contributed by atoms with Crippen LogP contribution in [0.1, 0.15) is 17.3 Å². The summed E-state index contributed by atoms with van der Waals surface area (Å²) in [6, 6.07) is 7.73. The van der Waals surface area contributed by atoms with E-state index in [0.29, 0.717) is 5.33 Å². The van der Waals surface area contributed by atoms with Crippen LogP contribution in [0.2, 0.25) is 0 Å². The van der Waals surface area contributed by atoms with Gasteiger partial charge in [0.15, 0.2) is 5.78 Å². The van der Waals surface area contributed by atoms with Crippen LogP contribution in [0.15, 0.2) is 29.2 Å². The molecule has 3 heteroatoms. The Morgan fingerprint density at radius 3 is 2.46 bits per heavy atom. The van der Waals surface area contributed by atoms with Crippen molar-refractivity contribution in [2.45, 2.75) is 11.8 Å². The van der Waals surface area contributed by atoms with E-state index in [0.717, 1.165) is 11.3 Å². The standard InChI is InChI=1S/C10H11BrOS/c1-2-13-9-5-3-8(4-6-9)10(12)7-11/h3-6H,2,7H2,1H3. The summed E-state index contributed by atoms with van der Waals surface area (Å²) in [4.78, 5) is 12.4. The number of alkyl halides is 1. The Kier molecular flexibility index (Phi) is 4.53. The van der Waals surface area contributed by atoms with E-state index in [-0.39, 0.29) is 5.78 Å². The van der Waals surface area contributed by atoms with Gasteiger partial charge in [-0.3, -0.25) is 4.79 Å². The summed E-state index contributed by atoms with van der Waals surface area (Å²) in [7, 11) is 0. The first kappa shape index (κ1) is 10.8. The first-order chi connectivity index (χ1) is 6.27. The van der Waals surface area contributed by atoms with E-state index in [4.69, 9.17) is 0 Å². The van der Waals surface area contributed by atoms with Gasteiger partial charge in [-0.05, 0) is 17.9 Å². The number of ketones is 1. The molecule has 70 valence electrons. The summed E-state index contributed by atoms with van der Waals surface area (Å²) < 4.78 is 0. The number of carbonyl (C=O) groups excluding carboxylic acids is 1. The van der Waals surface area contributed by atoms with Crippen molar-refractivity contribution in [2.24, 2.45) is 0 Å². The third-order valence-corrected chi connectivity index (χ3v) is 3.01. The molecule has 0 fully saturated rings. The van der Waals surface area contributed by atoms with Gasteiger partial charge in [0, 0.05) is 10.5 Å². The van der Waals surface area contributed by atoms with Crippen molar-refractivity contribution in [3.8, 4) is 0 Å². The lowest BCUT2D eigenvalue weighted by molar-refractivity contribution is 0.102. The Hall–Kier alpha value is -0.280. The van der Waals surface area contributed by atoms with E-state index in [2.05, 4.69) is 22.9 Å². The molecule has 0 aliphatic rings. The van der Waals surface area contributed by atoms with Crippen LogP contribution in [0, 0.1) is 0 Å². The molecule has 0 aromatic heterocycles. The second-order valence-electron chi connectivity index (χ2n) is 2.51. The Morgan fingerprint density at radius 2 is 2.00 bits per heavy atom. The van der Waals surface area contributed by atoms with Crippen molar-refractivity contribution in [2.75, 3.05) is 11.1 Å². The smallest absolute Gasteiger partial charge is 0.173 e. The Balaban J connectivity index is 2.75. The van der Waals surface area contributed by atoms with Crippen LogP contribution in [0.25, 0.3) is 0 Å². The van der Waals surface area contributed by atoms with Gasteiger partial charge in [-0.25, -0.2) is 0 Å². The maximum atomic E-state index is 11.2. The molecule has 0 atom stereocenters. The van der Waals surface area contributed by atoms with Crippen molar-refractivity contribution in [3.63, 3.8) is 0 Å². The van der Waals surface area contributed by atoms with Crippen LogP contribution in [0.5, 0.6) is 0 Å². The fourth-order valence-corrected chi connectivity index (χ4v) is 1.97. The zero-order chi connectivity index (χ0) is 9.68. The maximum absolute atomic E-state index is 11.2. The number of rotatable bonds is 4. The highest BCUT2D eigenvalue weighted by atomic mass is 79.9. The van der Waals surface area contributed by atoms with E-state index < -0.39 is 0 Å². The zero-order valence-electron chi connectivity index (χ0n) is 7.42. The highest BCUT2D eigenvalue weighted by Gasteiger charge is 2.02. The van der Waals surface area contributed by atoms with Crippen LogP contribution >= 0.6 is 27.7 Å². The molecule has 0 aliphatic heterocycles. The molecule has 0 aliphatic carbocycles. The fraction of sp³-hybridized carbons (Fsp3) is 0.300. The summed E-state index contributed by atoms with van der Waals surface area (Å²) in [6.07, 6.45) is 0. The molecular formula is C10H11BrOS. The minimum absolute atomic E-state index is 0.132. The average molecular weight is 259 g/mol. The summed E-state index contributed by atoms with van der Waals surface area (Å²) in [6.45, 7) is 2.11. The number of hydrogen-bond acceptors (Lipinski definition) is 2.